The first-order valence-corrected chi connectivity index (χ1v) is 9.20. The van der Waals surface area contributed by atoms with Crippen LogP contribution in [0.4, 0.5) is 5.69 Å². The minimum absolute atomic E-state index is 0.00682. The Bertz CT molecular complexity index is 930. The fourth-order valence-electron chi connectivity index (χ4n) is 2.39. The molecule has 1 amide bonds. The Morgan fingerprint density at radius 2 is 1.67 bits per heavy atom. The van der Waals surface area contributed by atoms with Gasteiger partial charge in [-0.2, -0.15) is 0 Å². The SMILES string of the molecule is COc1ccc(OCc2csc(C(=O)Nc3ccc(C(C)=O)cc3)c2)cc1. The molecular weight excluding hydrogens is 362 g/mol. The molecule has 0 saturated heterocycles. The van der Waals surface area contributed by atoms with Gasteiger partial charge in [0.15, 0.2) is 5.78 Å². The normalized spacial score (nSPS) is 10.3. The van der Waals surface area contributed by atoms with Gasteiger partial charge >= 0.3 is 0 Å². The molecule has 6 heteroatoms. The molecule has 0 unspecified atom stereocenters. The standard InChI is InChI=1S/C21H19NO4S/c1-14(23)16-3-5-17(6-4-16)22-21(24)20-11-15(13-27-20)12-26-19-9-7-18(25-2)8-10-19/h3-11,13H,12H2,1-2H3,(H,22,24). The summed E-state index contributed by atoms with van der Waals surface area (Å²) in [5.41, 5.74) is 2.18. The van der Waals surface area contributed by atoms with Crippen molar-refractivity contribution in [2.24, 2.45) is 0 Å². The second-order valence-corrected chi connectivity index (χ2v) is 6.78. The minimum Gasteiger partial charge on any atom is -0.497 e. The quantitative estimate of drug-likeness (QED) is 0.598. The first-order valence-electron chi connectivity index (χ1n) is 8.32. The van der Waals surface area contributed by atoms with Crippen LogP contribution < -0.4 is 14.8 Å². The highest BCUT2D eigenvalue weighted by Gasteiger charge is 2.10. The molecular formula is C21H19NO4S. The van der Waals surface area contributed by atoms with E-state index >= 15 is 0 Å². The molecule has 0 atom stereocenters. The van der Waals surface area contributed by atoms with Crippen LogP contribution in [-0.4, -0.2) is 18.8 Å². The number of carbonyl (C=O) groups is 2. The van der Waals surface area contributed by atoms with E-state index in [2.05, 4.69) is 5.32 Å². The van der Waals surface area contributed by atoms with Crippen LogP contribution >= 0.6 is 11.3 Å². The molecule has 3 aromatic rings. The third kappa shape index (κ3) is 4.95. The van der Waals surface area contributed by atoms with E-state index in [1.807, 2.05) is 35.7 Å². The number of benzene rings is 2. The molecule has 27 heavy (non-hydrogen) atoms. The summed E-state index contributed by atoms with van der Waals surface area (Å²) in [4.78, 5) is 24.3. The summed E-state index contributed by atoms with van der Waals surface area (Å²) in [6.45, 7) is 1.89. The maximum Gasteiger partial charge on any atom is 0.265 e. The van der Waals surface area contributed by atoms with Crippen molar-refractivity contribution in [3.63, 3.8) is 0 Å². The number of Topliss-reactive ketones (excluding diaryl/α,β-unsaturated/α-hetero) is 1. The van der Waals surface area contributed by atoms with E-state index in [0.29, 0.717) is 22.7 Å². The average Bonchev–Trinajstić information content (AvgIpc) is 3.16. The van der Waals surface area contributed by atoms with E-state index in [-0.39, 0.29) is 11.7 Å². The average molecular weight is 381 g/mol. The predicted molar refractivity (Wildman–Crippen MR) is 106 cm³/mol. The van der Waals surface area contributed by atoms with Gasteiger partial charge in [-0.1, -0.05) is 0 Å². The van der Waals surface area contributed by atoms with Crippen molar-refractivity contribution in [2.75, 3.05) is 12.4 Å². The molecule has 0 spiro atoms. The fourth-order valence-corrected chi connectivity index (χ4v) is 3.18. The number of anilines is 1. The number of hydrogen-bond acceptors (Lipinski definition) is 5. The Balaban J connectivity index is 1.57. The van der Waals surface area contributed by atoms with Gasteiger partial charge in [-0.05, 0) is 66.9 Å². The second-order valence-electron chi connectivity index (χ2n) is 5.87. The van der Waals surface area contributed by atoms with Crippen molar-refractivity contribution in [3.05, 3.63) is 76.0 Å². The Hall–Kier alpha value is -3.12. The summed E-state index contributed by atoms with van der Waals surface area (Å²) < 4.78 is 10.8. The zero-order valence-electron chi connectivity index (χ0n) is 15.0. The first kappa shape index (κ1) is 18.7. The van der Waals surface area contributed by atoms with Crippen LogP contribution in [0.25, 0.3) is 0 Å². The highest BCUT2D eigenvalue weighted by atomic mass is 32.1. The van der Waals surface area contributed by atoms with E-state index in [0.717, 1.165) is 17.1 Å². The van der Waals surface area contributed by atoms with Gasteiger partial charge in [-0.3, -0.25) is 9.59 Å². The molecule has 1 aromatic heterocycles. The molecule has 1 N–H and O–H groups in total. The van der Waals surface area contributed by atoms with E-state index < -0.39 is 0 Å². The van der Waals surface area contributed by atoms with Crippen LogP contribution in [0.5, 0.6) is 11.5 Å². The number of hydrogen-bond donors (Lipinski definition) is 1. The largest absolute Gasteiger partial charge is 0.497 e. The van der Waals surface area contributed by atoms with Crippen LogP contribution in [0.15, 0.2) is 60.0 Å². The molecule has 3 rings (SSSR count). The zero-order chi connectivity index (χ0) is 19.2. The Labute approximate surface area is 161 Å². The lowest BCUT2D eigenvalue weighted by Crippen LogP contribution is -2.10. The Kier molecular flexibility index (Phi) is 5.88. The van der Waals surface area contributed by atoms with Crippen LogP contribution in [0.3, 0.4) is 0 Å². The summed E-state index contributed by atoms with van der Waals surface area (Å²) in [6.07, 6.45) is 0. The van der Waals surface area contributed by atoms with Crippen molar-refractivity contribution < 1.29 is 19.1 Å². The number of carbonyl (C=O) groups excluding carboxylic acids is 2. The van der Waals surface area contributed by atoms with E-state index in [1.54, 1.807) is 31.4 Å². The minimum atomic E-state index is -0.189. The summed E-state index contributed by atoms with van der Waals surface area (Å²) in [6, 6.07) is 16.0. The van der Waals surface area contributed by atoms with Crippen molar-refractivity contribution in [2.45, 2.75) is 13.5 Å². The van der Waals surface area contributed by atoms with Crippen molar-refractivity contribution in [3.8, 4) is 11.5 Å². The highest BCUT2D eigenvalue weighted by molar-refractivity contribution is 7.12. The predicted octanol–water partition coefficient (Wildman–Crippen LogP) is 4.79. The summed E-state index contributed by atoms with van der Waals surface area (Å²) in [7, 11) is 1.62. The van der Waals surface area contributed by atoms with Gasteiger partial charge < -0.3 is 14.8 Å². The molecule has 0 bridgehead atoms. The number of amides is 1. The van der Waals surface area contributed by atoms with Crippen LogP contribution in [0, 0.1) is 0 Å². The van der Waals surface area contributed by atoms with Crippen LogP contribution in [-0.2, 0) is 6.61 Å². The van der Waals surface area contributed by atoms with E-state index in [9.17, 15) is 9.59 Å². The number of ether oxygens (including phenoxy) is 2. The van der Waals surface area contributed by atoms with E-state index in [4.69, 9.17) is 9.47 Å². The van der Waals surface area contributed by atoms with Crippen molar-refractivity contribution in [1.82, 2.24) is 0 Å². The summed E-state index contributed by atoms with van der Waals surface area (Å²) in [5, 5.41) is 4.73. The lowest BCUT2D eigenvalue weighted by molar-refractivity contribution is 0.101. The molecule has 0 aliphatic carbocycles. The molecule has 0 aliphatic heterocycles. The molecule has 0 aliphatic rings. The number of thiophene rings is 1. The van der Waals surface area contributed by atoms with Gasteiger partial charge in [0.05, 0.1) is 12.0 Å². The van der Waals surface area contributed by atoms with Gasteiger partial charge in [0.1, 0.15) is 18.1 Å². The summed E-state index contributed by atoms with van der Waals surface area (Å²) >= 11 is 1.36. The van der Waals surface area contributed by atoms with Crippen molar-refractivity contribution in [1.29, 1.82) is 0 Å². The topological polar surface area (TPSA) is 64.6 Å². The molecule has 0 saturated carbocycles. The third-order valence-corrected chi connectivity index (χ3v) is 4.87. The molecule has 2 aromatic carbocycles. The smallest absolute Gasteiger partial charge is 0.265 e. The lowest BCUT2D eigenvalue weighted by Gasteiger charge is -2.06. The maximum atomic E-state index is 12.4. The number of rotatable bonds is 7. The third-order valence-electron chi connectivity index (χ3n) is 3.89. The molecule has 0 fully saturated rings. The number of nitrogens with one attached hydrogen (secondary N) is 1. The van der Waals surface area contributed by atoms with Crippen LogP contribution in [0.1, 0.15) is 32.5 Å². The van der Waals surface area contributed by atoms with Crippen LogP contribution in [0.2, 0.25) is 0 Å². The lowest BCUT2D eigenvalue weighted by atomic mass is 10.1. The summed E-state index contributed by atoms with van der Waals surface area (Å²) in [5.74, 6) is 1.31. The maximum absolute atomic E-state index is 12.4. The van der Waals surface area contributed by atoms with Gasteiger partial charge in [0.25, 0.3) is 5.91 Å². The number of ketones is 1. The second kappa shape index (κ2) is 8.51. The Morgan fingerprint density at radius 3 is 2.30 bits per heavy atom. The zero-order valence-corrected chi connectivity index (χ0v) is 15.8. The monoisotopic (exact) mass is 381 g/mol. The highest BCUT2D eigenvalue weighted by Crippen LogP contribution is 2.21. The molecule has 1 heterocycles. The molecule has 5 nitrogen and oxygen atoms in total. The fraction of sp³-hybridized carbons (Fsp3) is 0.143. The molecule has 0 radical (unpaired) electrons. The molecule has 138 valence electrons. The first-order chi connectivity index (χ1) is 13.0. The van der Waals surface area contributed by atoms with Crippen molar-refractivity contribution >= 4 is 28.7 Å². The van der Waals surface area contributed by atoms with Gasteiger partial charge in [-0.15, -0.1) is 11.3 Å². The van der Waals surface area contributed by atoms with E-state index in [1.165, 1.54) is 18.3 Å². The number of methoxy groups -OCH3 is 1. The Morgan fingerprint density at radius 1 is 1.00 bits per heavy atom. The van der Waals surface area contributed by atoms with Gasteiger partial charge in [0, 0.05) is 16.8 Å². The van der Waals surface area contributed by atoms with Gasteiger partial charge in [0.2, 0.25) is 0 Å². The van der Waals surface area contributed by atoms with Gasteiger partial charge in [-0.25, -0.2) is 0 Å².